The molecule has 0 bridgehead atoms. The lowest BCUT2D eigenvalue weighted by atomic mass is 10.1. The predicted molar refractivity (Wildman–Crippen MR) is 54.3 cm³/mol. The molecule has 82 valence electrons. The molecule has 0 aliphatic heterocycles. The lowest BCUT2D eigenvalue weighted by Crippen LogP contribution is -2.22. The molecule has 1 rings (SSSR count). The number of hydrogen-bond acceptors (Lipinski definition) is 1. The molecule has 0 spiro atoms. The number of benzene rings is 1. The average molecular weight is 301 g/mol. The molecule has 0 aliphatic rings. The zero-order valence-corrected chi connectivity index (χ0v) is 9.53. The summed E-state index contributed by atoms with van der Waals surface area (Å²) in [4.78, 5) is 10.7. The number of rotatable bonds is 3. The molecule has 0 aliphatic carbocycles. The Bertz CT molecular complexity index is 381. The summed E-state index contributed by atoms with van der Waals surface area (Å²) in [5, 5.41) is -3.37. The van der Waals surface area contributed by atoms with Crippen molar-refractivity contribution >= 4 is 32.8 Å². The van der Waals surface area contributed by atoms with E-state index in [1.54, 1.807) is 0 Å². The lowest BCUT2D eigenvalue weighted by molar-refractivity contribution is -0.0404. The first kappa shape index (κ1) is 12.5. The molecule has 6 heteroatoms. The summed E-state index contributed by atoms with van der Waals surface area (Å²) in [5.41, 5.74) is -0.694. The van der Waals surface area contributed by atoms with Crippen LogP contribution in [-0.2, 0) is 5.92 Å². The predicted octanol–water partition coefficient (Wildman–Crippen LogP) is 3.85. The smallest absolute Gasteiger partial charge is 0.276 e. The second-order valence-corrected chi connectivity index (χ2v) is 3.93. The summed E-state index contributed by atoms with van der Waals surface area (Å²) in [6.07, 6.45) is 0. The summed E-state index contributed by atoms with van der Waals surface area (Å²) < 4.78 is 38.8. The fourth-order valence-corrected chi connectivity index (χ4v) is 1.36. The molecule has 1 unspecified atom stereocenters. The lowest BCUT2D eigenvalue weighted by Gasteiger charge is -2.16. The monoisotopic (exact) mass is 300 g/mol. The van der Waals surface area contributed by atoms with Gasteiger partial charge in [0, 0.05) is 11.1 Å². The van der Waals surface area contributed by atoms with E-state index in [4.69, 9.17) is 11.6 Å². The SMILES string of the molecule is O=C(Cl)c1cccc(C(F)(F)C(F)Br)c1. The molecule has 0 radical (unpaired) electrons. The van der Waals surface area contributed by atoms with Crippen molar-refractivity contribution in [3.05, 3.63) is 35.4 Å². The summed E-state index contributed by atoms with van der Waals surface area (Å²) >= 11 is 7.28. The zero-order valence-electron chi connectivity index (χ0n) is 7.18. The van der Waals surface area contributed by atoms with Crippen molar-refractivity contribution in [1.82, 2.24) is 0 Å². The summed E-state index contributed by atoms with van der Waals surface area (Å²) in [7, 11) is 0. The number of carbonyl (C=O) groups excluding carboxylic acids is 1. The largest absolute Gasteiger partial charge is 0.313 e. The van der Waals surface area contributed by atoms with Gasteiger partial charge in [-0.25, -0.2) is 4.39 Å². The standard InChI is InChI=1S/C9H5BrClF3O/c10-8(12)9(13,14)6-3-1-2-5(4-6)7(11)15/h1-4,8H. The quantitative estimate of drug-likeness (QED) is 0.612. The van der Waals surface area contributed by atoms with E-state index in [1.807, 2.05) is 0 Å². The summed E-state index contributed by atoms with van der Waals surface area (Å²) in [6, 6.07) is 4.38. The Kier molecular flexibility index (Phi) is 3.78. The third-order valence-electron chi connectivity index (χ3n) is 1.75. The van der Waals surface area contributed by atoms with E-state index >= 15 is 0 Å². The van der Waals surface area contributed by atoms with Crippen LogP contribution in [0.1, 0.15) is 15.9 Å². The topological polar surface area (TPSA) is 17.1 Å². The van der Waals surface area contributed by atoms with Crippen molar-refractivity contribution in [2.45, 2.75) is 11.0 Å². The van der Waals surface area contributed by atoms with Gasteiger partial charge in [-0.15, -0.1) is 0 Å². The zero-order chi connectivity index (χ0) is 11.6. The van der Waals surface area contributed by atoms with E-state index in [1.165, 1.54) is 12.1 Å². The molecule has 0 fully saturated rings. The van der Waals surface area contributed by atoms with Gasteiger partial charge in [-0.1, -0.05) is 18.2 Å². The third kappa shape index (κ3) is 2.72. The Hall–Kier alpha value is -0.550. The Balaban J connectivity index is 3.16. The molecule has 0 N–H and O–H groups in total. The van der Waals surface area contributed by atoms with Gasteiger partial charge in [0.25, 0.3) is 5.24 Å². The molecule has 1 aromatic rings. The van der Waals surface area contributed by atoms with E-state index in [-0.39, 0.29) is 5.56 Å². The average Bonchev–Trinajstić information content (AvgIpc) is 2.17. The second-order valence-electron chi connectivity index (χ2n) is 2.78. The molecule has 15 heavy (non-hydrogen) atoms. The highest BCUT2D eigenvalue weighted by atomic mass is 79.9. The van der Waals surface area contributed by atoms with Gasteiger partial charge in [0.1, 0.15) is 0 Å². The van der Waals surface area contributed by atoms with Crippen molar-refractivity contribution in [3.63, 3.8) is 0 Å². The van der Waals surface area contributed by atoms with Gasteiger partial charge >= 0.3 is 5.92 Å². The number of alkyl halides is 4. The molecule has 0 saturated carbocycles. The first-order chi connectivity index (χ1) is 6.85. The molecule has 0 heterocycles. The second kappa shape index (κ2) is 4.53. The maximum atomic E-state index is 13.1. The van der Waals surface area contributed by atoms with E-state index in [0.29, 0.717) is 0 Å². The molecule has 1 nitrogen and oxygen atoms in total. The fraction of sp³-hybridized carbons (Fsp3) is 0.222. The molecular weight excluding hydrogens is 296 g/mol. The number of halogens is 5. The van der Waals surface area contributed by atoms with Gasteiger partial charge < -0.3 is 0 Å². The van der Waals surface area contributed by atoms with Gasteiger partial charge in [0.05, 0.1) is 0 Å². The van der Waals surface area contributed by atoms with Crippen molar-refractivity contribution in [2.75, 3.05) is 0 Å². The Labute approximate surface area is 97.4 Å². The van der Waals surface area contributed by atoms with Crippen LogP contribution >= 0.6 is 27.5 Å². The molecule has 0 saturated heterocycles. The first-order valence-electron chi connectivity index (χ1n) is 3.82. The van der Waals surface area contributed by atoms with Crippen LogP contribution in [0.25, 0.3) is 0 Å². The van der Waals surface area contributed by atoms with E-state index in [9.17, 15) is 18.0 Å². The van der Waals surface area contributed by atoms with Crippen LogP contribution in [0.4, 0.5) is 13.2 Å². The molecule has 0 amide bonds. The fourth-order valence-electron chi connectivity index (χ4n) is 0.975. The minimum Gasteiger partial charge on any atom is -0.276 e. The van der Waals surface area contributed by atoms with E-state index < -0.39 is 21.8 Å². The first-order valence-corrected chi connectivity index (χ1v) is 5.11. The highest BCUT2D eigenvalue weighted by molar-refractivity contribution is 9.09. The summed E-state index contributed by atoms with van der Waals surface area (Å²) in [6.45, 7) is 0. The van der Waals surface area contributed by atoms with Crippen molar-refractivity contribution in [1.29, 1.82) is 0 Å². The van der Waals surface area contributed by atoms with Gasteiger partial charge in [-0.05, 0) is 33.6 Å². The minimum atomic E-state index is -3.69. The van der Waals surface area contributed by atoms with Crippen molar-refractivity contribution in [2.24, 2.45) is 0 Å². The Morgan fingerprint density at radius 3 is 2.53 bits per heavy atom. The highest BCUT2D eigenvalue weighted by Gasteiger charge is 2.40. The van der Waals surface area contributed by atoms with Gasteiger partial charge in [0.15, 0.2) is 0 Å². The van der Waals surface area contributed by atoms with Crippen molar-refractivity contribution < 1.29 is 18.0 Å². The van der Waals surface area contributed by atoms with Crippen LogP contribution in [-0.4, -0.2) is 10.3 Å². The molecule has 1 aromatic carbocycles. The van der Waals surface area contributed by atoms with Gasteiger partial charge in [-0.3, -0.25) is 4.79 Å². The Morgan fingerprint density at radius 2 is 2.07 bits per heavy atom. The number of hydrogen-bond donors (Lipinski definition) is 0. The van der Waals surface area contributed by atoms with Crippen LogP contribution in [0, 0.1) is 0 Å². The van der Waals surface area contributed by atoms with E-state index in [0.717, 1.165) is 12.1 Å². The maximum absolute atomic E-state index is 13.1. The highest BCUT2D eigenvalue weighted by Crippen LogP contribution is 2.36. The van der Waals surface area contributed by atoms with E-state index in [2.05, 4.69) is 15.9 Å². The normalized spacial score (nSPS) is 13.7. The Morgan fingerprint density at radius 1 is 1.47 bits per heavy atom. The summed E-state index contributed by atoms with van der Waals surface area (Å²) in [5.74, 6) is -3.69. The van der Waals surface area contributed by atoms with Crippen LogP contribution in [0.5, 0.6) is 0 Å². The van der Waals surface area contributed by atoms with Gasteiger partial charge in [0.2, 0.25) is 5.08 Å². The van der Waals surface area contributed by atoms with Crippen LogP contribution < -0.4 is 0 Å². The molecular formula is C9H5BrClF3O. The van der Waals surface area contributed by atoms with Crippen LogP contribution in [0.2, 0.25) is 0 Å². The molecule has 0 aromatic heterocycles. The van der Waals surface area contributed by atoms with Crippen LogP contribution in [0.15, 0.2) is 24.3 Å². The van der Waals surface area contributed by atoms with Crippen LogP contribution in [0.3, 0.4) is 0 Å². The minimum absolute atomic E-state index is 0.0954. The third-order valence-corrected chi connectivity index (χ3v) is 2.54. The molecule has 1 atom stereocenters. The van der Waals surface area contributed by atoms with Gasteiger partial charge in [-0.2, -0.15) is 8.78 Å². The number of carbonyl (C=O) groups is 1. The van der Waals surface area contributed by atoms with Crippen molar-refractivity contribution in [3.8, 4) is 0 Å². The maximum Gasteiger partial charge on any atom is 0.313 e.